The van der Waals surface area contributed by atoms with Crippen LogP contribution in [0.25, 0.3) is 0 Å². The molecule has 0 radical (unpaired) electrons. The molecule has 0 N–H and O–H groups in total. The molecule has 3 fully saturated rings. The summed E-state index contributed by atoms with van der Waals surface area (Å²) in [6.45, 7) is 33.3. The molecule has 2 aromatic carbocycles. The van der Waals surface area contributed by atoms with Crippen LogP contribution in [-0.4, -0.2) is 28.3 Å². The van der Waals surface area contributed by atoms with E-state index in [0.717, 1.165) is 30.3 Å². The molecule has 0 aliphatic heterocycles. The number of allylic oxidation sites excluding steroid dienone is 4. The van der Waals surface area contributed by atoms with E-state index >= 15 is 0 Å². The average Bonchev–Trinajstić information content (AvgIpc) is 3.51. The molecule has 2 aromatic rings. The van der Waals surface area contributed by atoms with E-state index in [2.05, 4.69) is 155 Å². The number of rotatable bonds is 15. The van der Waals surface area contributed by atoms with Gasteiger partial charge in [0.25, 0.3) is 8.32 Å². The van der Waals surface area contributed by atoms with Crippen LogP contribution in [-0.2, 0) is 8.85 Å². The normalized spacial score (nSPS) is 26.4. The van der Waals surface area contributed by atoms with Crippen molar-refractivity contribution < 1.29 is 8.85 Å². The third-order valence-electron chi connectivity index (χ3n) is 14.6. The number of hydrogen-bond acceptors (Lipinski definition) is 2. The highest BCUT2D eigenvalue weighted by atomic mass is 28.4. The fourth-order valence-electron chi connectivity index (χ4n) is 11.3. The molecule has 54 heavy (non-hydrogen) atoms. The first-order valence-corrected chi connectivity index (χ1v) is 26.2. The van der Waals surface area contributed by atoms with Crippen molar-refractivity contribution in [2.24, 2.45) is 23.2 Å². The molecule has 0 spiro atoms. The van der Waals surface area contributed by atoms with E-state index in [1.54, 1.807) is 5.57 Å². The summed E-state index contributed by atoms with van der Waals surface area (Å²) in [4.78, 5) is 0. The molecule has 2 nitrogen and oxygen atoms in total. The molecule has 0 amide bonds. The lowest BCUT2D eigenvalue weighted by molar-refractivity contribution is 0.0704. The van der Waals surface area contributed by atoms with Crippen LogP contribution >= 0.6 is 0 Å². The van der Waals surface area contributed by atoms with Gasteiger partial charge in [0.05, 0.1) is 11.7 Å². The summed E-state index contributed by atoms with van der Waals surface area (Å²) in [5.41, 5.74) is 5.78. The molecule has 296 valence electrons. The summed E-state index contributed by atoms with van der Waals surface area (Å²) in [7, 11) is -4.31. The van der Waals surface area contributed by atoms with Crippen LogP contribution in [0.2, 0.25) is 23.2 Å². The average molecular weight is 765 g/mol. The first-order chi connectivity index (χ1) is 25.5. The fraction of sp³-hybridized carbons (Fsp3) is 0.600. The van der Waals surface area contributed by atoms with Crippen LogP contribution in [0.5, 0.6) is 0 Å². The summed E-state index contributed by atoms with van der Waals surface area (Å²) in [6, 6.07) is 25.8. The van der Waals surface area contributed by atoms with Crippen molar-refractivity contribution in [3.8, 4) is 0 Å². The van der Waals surface area contributed by atoms with Crippen LogP contribution in [0.15, 0.2) is 108 Å². The SMILES string of the molecule is C=C1CC(=C)[C@H](O[Si](c2ccccc2)(c2ccccc2)C(C)(C)C)C/C1=C/C=C1CCC[C@@]2(C)C1CC[C@@H]2[C@H](C)CCCC(C)(C)O[Si](CC)(CC)CC. The van der Waals surface area contributed by atoms with E-state index in [-0.39, 0.29) is 16.7 Å². The van der Waals surface area contributed by atoms with Gasteiger partial charge in [0, 0.05) is 6.42 Å². The van der Waals surface area contributed by atoms with Gasteiger partial charge in [-0.25, -0.2) is 0 Å². The Labute approximate surface area is 334 Å². The maximum atomic E-state index is 7.65. The molecule has 0 bridgehead atoms. The Morgan fingerprint density at radius 2 is 1.46 bits per heavy atom. The van der Waals surface area contributed by atoms with Gasteiger partial charge in [-0.05, 0) is 132 Å². The molecule has 5 rings (SSSR count). The molecule has 1 unspecified atom stereocenters. The monoisotopic (exact) mass is 765 g/mol. The third-order valence-corrected chi connectivity index (χ3v) is 24.5. The quantitative estimate of drug-likeness (QED) is 0.133. The molecule has 0 saturated heterocycles. The summed E-state index contributed by atoms with van der Waals surface area (Å²) in [6.07, 6.45) is 17.0. The Hall–Kier alpha value is -2.25. The maximum Gasteiger partial charge on any atom is 0.261 e. The highest BCUT2D eigenvalue weighted by Crippen LogP contribution is 2.60. The Bertz CT molecular complexity index is 1580. The van der Waals surface area contributed by atoms with Crippen LogP contribution in [0, 0.1) is 23.2 Å². The van der Waals surface area contributed by atoms with Gasteiger partial charge in [-0.1, -0.05) is 160 Å². The van der Waals surface area contributed by atoms with Gasteiger partial charge in [-0.2, -0.15) is 0 Å². The highest BCUT2D eigenvalue weighted by molar-refractivity contribution is 6.99. The molecule has 3 saturated carbocycles. The van der Waals surface area contributed by atoms with Crippen molar-refractivity contribution in [2.45, 2.75) is 168 Å². The first-order valence-electron chi connectivity index (χ1n) is 21.8. The topological polar surface area (TPSA) is 18.5 Å². The third kappa shape index (κ3) is 8.98. The van der Waals surface area contributed by atoms with Gasteiger partial charge in [-0.15, -0.1) is 0 Å². The second kappa shape index (κ2) is 17.5. The Balaban J connectivity index is 1.32. The highest BCUT2D eigenvalue weighted by Gasteiger charge is 2.53. The molecule has 0 heterocycles. The largest absolute Gasteiger partial charge is 0.412 e. The molecule has 5 atom stereocenters. The summed E-state index contributed by atoms with van der Waals surface area (Å²) < 4.78 is 14.6. The van der Waals surface area contributed by atoms with E-state index in [4.69, 9.17) is 8.85 Å². The summed E-state index contributed by atoms with van der Waals surface area (Å²) in [5.74, 6) is 2.25. The molecule has 3 aliphatic rings. The lowest BCUT2D eigenvalue weighted by Gasteiger charge is -2.46. The summed E-state index contributed by atoms with van der Waals surface area (Å²) in [5, 5.41) is 2.57. The van der Waals surface area contributed by atoms with Crippen molar-refractivity contribution in [1.82, 2.24) is 0 Å². The van der Waals surface area contributed by atoms with Crippen LogP contribution in [0.4, 0.5) is 0 Å². The standard InChI is InChI=1S/C50H76O2Si2/c1-13-53(14-2,15-3)52-49(10,11)34-22-24-38(4)45-32-33-46-41(25-23-35-50(45,46)12)30-31-42-37-47(40(6)36-39(42)5)51-54(48(7,8)9,43-26-18-16-19-27-43)44-28-20-17-21-29-44/h16-21,26-31,38,45-47H,5-6,13-15,22-25,32-37H2,1-4,7-12H3/b41-30?,42-31-/t38-,45-,46?,47-,50-/m1/s1. The van der Waals surface area contributed by atoms with Gasteiger partial charge in [0.15, 0.2) is 8.32 Å². The van der Waals surface area contributed by atoms with Crippen molar-refractivity contribution in [2.75, 3.05) is 0 Å². The van der Waals surface area contributed by atoms with Crippen LogP contribution < -0.4 is 10.4 Å². The zero-order valence-corrected chi connectivity index (χ0v) is 38.2. The number of hydrogen-bond donors (Lipinski definition) is 0. The van der Waals surface area contributed by atoms with Crippen molar-refractivity contribution >= 4 is 27.0 Å². The second-order valence-corrected chi connectivity index (χ2v) is 28.4. The van der Waals surface area contributed by atoms with E-state index in [1.165, 1.54) is 91.0 Å². The predicted octanol–water partition coefficient (Wildman–Crippen LogP) is 13.5. The minimum atomic E-state index is -2.71. The first kappa shape index (κ1) is 42.9. The molecule has 0 aromatic heterocycles. The Kier molecular flexibility index (Phi) is 13.9. The van der Waals surface area contributed by atoms with Gasteiger partial charge in [0.2, 0.25) is 0 Å². The van der Waals surface area contributed by atoms with Gasteiger partial charge < -0.3 is 8.85 Å². The van der Waals surface area contributed by atoms with Crippen molar-refractivity contribution in [3.63, 3.8) is 0 Å². The molecular weight excluding hydrogens is 689 g/mol. The summed E-state index contributed by atoms with van der Waals surface area (Å²) >= 11 is 0. The van der Waals surface area contributed by atoms with E-state index in [1.807, 2.05) is 0 Å². The van der Waals surface area contributed by atoms with Crippen molar-refractivity contribution in [3.05, 3.63) is 108 Å². The number of fused-ring (bicyclic) bond motifs is 1. The Morgan fingerprint density at radius 1 is 0.870 bits per heavy atom. The number of benzene rings is 2. The zero-order chi connectivity index (χ0) is 39.4. The zero-order valence-electron chi connectivity index (χ0n) is 36.2. The minimum Gasteiger partial charge on any atom is -0.412 e. The second-order valence-electron chi connectivity index (χ2n) is 19.4. The molecule has 3 aliphatic carbocycles. The Morgan fingerprint density at radius 3 is 2.02 bits per heavy atom. The molecule has 4 heteroatoms. The van der Waals surface area contributed by atoms with Gasteiger partial charge >= 0.3 is 0 Å². The van der Waals surface area contributed by atoms with Gasteiger partial charge in [-0.3, -0.25) is 0 Å². The lowest BCUT2D eigenvalue weighted by Crippen LogP contribution is -2.68. The predicted molar refractivity (Wildman–Crippen MR) is 240 cm³/mol. The van der Waals surface area contributed by atoms with Crippen LogP contribution in [0.3, 0.4) is 0 Å². The van der Waals surface area contributed by atoms with E-state index < -0.39 is 16.6 Å². The van der Waals surface area contributed by atoms with Gasteiger partial charge in [0.1, 0.15) is 0 Å². The maximum absolute atomic E-state index is 7.65. The van der Waals surface area contributed by atoms with Crippen LogP contribution in [0.1, 0.15) is 133 Å². The fourth-order valence-corrected chi connectivity index (χ4v) is 19.2. The van der Waals surface area contributed by atoms with Crippen molar-refractivity contribution in [1.29, 1.82) is 0 Å². The lowest BCUT2D eigenvalue weighted by atomic mass is 9.60. The van der Waals surface area contributed by atoms with E-state index in [0.29, 0.717) is 11.3 Å². The van der Waals surface area contributed by atoms with E-state index in [9.17, 15) is 0 Å². The smallest absolute Gasteiger partial charge is 0.261 e. The minimum absolute atomic E-state index is 0.0105. The molecular formula is C50H76O2Si2.